The summed E-state index contributed by atoms with van der Waals surface area (Å²) in [6.45, 7) is 4.06. The first-order chi connectivity index (χ1) is 8.60. The molecular weight excluding hydrogens is 226 g/mol. The van der Waals surface area contributed by atoms with Gasteiger partial charge in [0.05, 0.1) is 0 Å². The molecule has 18 heavy (non-hydrogen) atoms. The third kappa shape index (κ3) is 2.79. The molecule has 3 heteroatoms. The predicted molar refractivity (Wildman–Crippen MR) is 71.5 cm³/mol. The number of carbonyl (C=O) groups excluding carboxylic acids is 1. The van der Waals surface area contributed by atoms with E-state index in [1.807, 2.05) is 44.2 Å². The first-order valence-electron chi connectivity index (χ1n) is 6.27. The maximum absolute atomic E-state index is 12.2. The molecule has 2 rings (SSSR count). The van der Waals surface area contributed by atoms with Crippen molar-refractivity contribution in [3.63, 3.8) is 0 Å². The molecule has 0 unspecified atom stereocenters. The van der Waals surface area contributed by atoms with Gasteiger partial charge in [0.25, 0.3) is 5.91 Å². The fraction of sp³-hybridized carbons (Fsp3) is 0.400. The van der Waals surface area contributed by atoms with Gasteiger partial charge in [0.15, 0.2) is 0 Å². The van der Waals surface area contributed by atoms with E-state index in [1.165, 1.54) is 0 Å². The van der Waals surface area contributed by atoms with Crippen LogP contribution in [-0.2, 0) is 0 Å². The lowest BCUT2D eigenvalue weighted by Crippen LogP contribution is -2.33. The molecular formula is C15H19NO2. The zero-order valence-corrected chi connectivity index (χ0v) is 10.8. The molecule has 0 aromatic heterocycles. The van der Waals surface area contributed by atoms with E-state index in [4.69, 9.17) is 5.11 Å². The van der Waals surface area contributed by atoms with Crippen LogP contribution in [0.1, 0.15) is 27.9 Å². The lowest BCUT2D eigenvalue weighted by atomic mass is 10.0. The first-order valence-corrected chi connectivity index (χ1v) is 6.27. The monoisotopic (exact) mass is 245 g/mol. The van der Waals surface area contributed by atoms with Gasteiger partial charge in [0, 0.05) is 24.1 Å². The fourth-order valence-corrected chi connectivity index (χ4v) is 2.24. The fourth-order valence-electron chi connectivity index (χ4n) is 2.24. The van der Waals surface area contributed by atoms with E-state index in [0.29, 0.717) is 0 Å². The van der Waals surface area contributed by atoms with Crippen molar-refractivity contribution in [3.05, 3.63) is 47.0 Å². The van der Waals surface area contributed by atoms with Crippen LogP contribution < -0.4 is 5.32 Å². The highest BCUT2D eigenvalue weighted by Gasteiger charge is 2.20. The van der Waals surface area contributed by atoms with Crippen LogP contribution in [0.5, 0.6) is 0 Å². The highest BCUT2D eigenvalue weighted by molar-refractivity contribution is 5.96. The smallest absolute Gasteiger partial charge is 0.252 e. The minimum Gasteiger partial charge on any atom is -0.396 e. The summed E-state index contributed by atoms with van der Waals surface area (Å²) in [4.78, 5) is 12.2. The second-order valence-corrected chi connectivity index (χ2v) is 4.96. The lowest BCUT2D eigenvalue weighted by molar-refractivity contribution is 0.0940. The first kappa shape index (κ1) is 12.8. The van der Waals surface area contributed by atoms with Gasteiger partial charge < -0.3 is 10.4 Å². The van der Waals surface area contributed by atoms with Crippen LogP contribution in [0.3, 0.4) is 0 Å². The Bertz CT molecular complexity index is 479. The number of hydrogen-bond acceptors (Lipinski definition) is 2. The van der Waals surface area contributed by atoms with E-state index in [0.717, 1.165) is 23.1 Å². The number of aryl methyl sites for hydroxylation is 2. The normalized spacial score (nSPS) is 22.2. The molecule has 2 N–H and O–H groups in total. The molecule has 0 saturated carbocycles. The molecule has 96 valence electrons. The Labute approximate surface area is 108 Å². The summed E-state index contributed by atoms with van der Waals surface area (Å²) in [5.74, 6) is 0.137. The number of aliphatic hydroxyl groups is 1. The number of amides is 1. The van der Waals surface area contributed by atoms with Gasteiger partial charge in [-0.25, -0.2) is 0 Å². The Balaban J connectivity index is 2.04. The zero-order chi connectivity index (χ0) is 13.1. The van der Waals surface area contributed by atoms with Gasteiger partial charge >= 0.3 is 0 Å². The van der Waals surface area contributed by atoms with Crippen molar-refractivity contribution in [2.45, 2.75) is 26.3 Å². The molecule has 0 fully saturated rings. The molecule has 1 aliphatic rings. The molecule has 0 aliphatic heterocycles. The van der Waals surface area contributed by atoms with E-state index < -0.39 is 0 Å². The molecule has 0 bridgehead atoms. The summed E-state index contributed by atoms with van der Waals surface area (Å²) in [6.07, 6.45) is 4.71. The molecule has 2 atom stereocenters. The Hall–Kier alpha value is -1.61. The van der Waals surface area contributed by atoms with E-state index in [2.05, 4.69) is 5.32 Å². The Kier molecular flexibility index (Phi) is 3.82. The van der Waals surface area contributed by atoms with Crippen molar-refractivity contribution in [1.29, 1.82) is 0 Å². The number of nitrogens with one attached hydrogen (secondary N) is 1. The van der Waals surface area contributed by atoms with Gasteiger partial charge in [0.1, 0.15) is 0 Å². The molecule has 3 nitrogen and oxygen atoms in total. The maximum atomic E-state index is 12.2. The van der Waals surface area contributed by atoms with Crippen molar-refractivity contribution in [1.82, 2.24) is 5.32 Å². The second-order valence-electron chi connectivity index (χ2n) is 4.96. The Morgan fingerprint density at radius 1 is 1.39 bits per heavy atom. The zero-order valence-electron chi connectivity index (χ0n) is 10.8. The van der Waals surface area contributed by atoms with Crippen LogP contribution in [0.15, 0.2) is 30.4 Å². The molecule has 1 aromatic carbocycles. The quantitative estimate of drug-likeness (QED) is 0.800. The summed E-state index contributed by atoms with van der Waals surface area (Å²) < 4.78 is 0. The number of benzene rings is 1. The van der Waals surface area contributed by atoms with E-state index in [-0.39, 0.29) is 24.5 Å². The molecule has 0 heterocycles. The van der Waals surface area contributed by atoms with Gasteiger partial charge in [-0.2, -0.15) is 0 Å². The van der Waals surface area contributed by atoms with Gasteiger partial charge in [0.2, 0.25) is 0 Å². The van der Waals surface area contributed by atoms with E-state index >= 15 is 0 Å². The molecule has 0 saturated heterocycles. The van der Waals surface area contributed by atoms with Crippen LogP contribution in [0, 0.1) is 19.8 Å². The average Bonchev–Trinajstić information content (AvgIpc) is 2.80. The third-order valence-corrected chi connectivity index (χ3v) is 3.36. The molecule has 0 radical (unpaired) electrons. The standard InChI is InChI=1S/C15H19NO2/c1-10-3-4-11(2)14(7-10)15(18)16-13-6-5-12(8-13)9-17/h3-7,12-13,17H,8-9H2,1-2H3,(H,16,18)/t12-,13+/m0/s1. The molecule has 0 spiro atoms. The average molecular weight is 245 g/mol. The largest absolute Gasteiger partial charge is 0.396 e. The van der Waals surface area contributed by atoms with Crippen LogP contribution in [0.4, 0.5) is 0 Å². The van der Waals surface area contributed by atoms with Gasteiger partial charge in [-0.1, -0.05) is 29.8 Å². The predicted octanol–water partition coefficient (Wildman–Crippen LogP) is 1.97. The van der Waals surface area contributed by atoms with Crippen molar-refractivity contribution in [2.24, 2.45) is 5.92 Å². The minimum absolute atomic E-state index is 0.0366. The highest BCUT2D eigenvalue weighted by atomic mass is 16.3. The van der Waals surface area contributed by atoms with E-state index in [1.54, 1.807) is 0 Å². The molecule has 1 aliphatic carbocycles. The van der Waals surface area contributed by atoms with Crippen molar-refractivity contribution in [3.8, 4) is 0 Å². The minimum atomic E-state index is -0.0376. The van der Waals surface area contributed by atoms with Gasteiger partial charge in [-0.3, -0.25) is 4.79 Å². The highest BCUT2D eigenvalue weighted by Crippen LogP contribution is 2.18. The second kappa shape index (κ2) is 5.36. The summed E-state index contributed by atoms with van der Waals surface area (Å²) in [6, 6.07) is 5.91. The Morgan fingerprint density at radius 2 is 2.17 bits per heavy atom. The maximum Gasteiger partial charge on any atom is 0.252 e. The number of rotatable bonds is 3. The van der Waals surface area contributed by atoms with Crippen LogP contribution >= 0.6 is 0 Å². The van der Waals surface area contributed by atoms with Crippen LogP contribution in [0.25, 0.3) is 0 Å². The van der Waals surface area contributed by atoms with Gasteiger partial charge in [-0.15, -0.1) is 0 Å². The Morgan fingerprint density at radius 3 is 2.83 bits per heavy atom. The van der Waals surface area contributed by atoms with Crippen LogP contribution in [-0.4, -0.2) is 23.7 Å². The van der Waals surface area contributed by atoms with Crippen molar-refractivity contribution < 1.29 is 9.90 Å². The lowest BCUT2D eigenvalue weighted by Gasteiger charge is -2.14. The van der Waals surface area contributed by atoms with E-state index in [9.17, 15) is 4.79 Å². The van der Waals surface area contributed by atoms with Gasteiger partial charge in [-0.05, 0) is 31.9 Å². The summed E-state index contributed by atoms with van der Waals surface area (Å²) in [5.41, 5.74) is 2.80. The number of hydrogen-bond donors (Lipinski definition) is 2. The summed E-state index contributed by atoms with van der Waals surface area (Å²) >= 11 is 0. The molecule has 1 aromatic rings. The third-order valence-electron chi connectivity index (χ3n) is 3.36. The number of carbonyl (C=O) groups is 1. The summed E-state index contributed by atoms with van der Waals surface area (Å²) in [7, 11) is 0. The molecule has 1 amide bonds. The number of aliphatic hydroxyl groups excluding tert-OH is 1. The van der Waals surface area contributed by atoms with Crippen molar-refractivity contribution >= 4 is 5.91 Å². The van der Waals surface area contributed by atoms with Crippen molar-refractivity contribution in [2.75, 3.05) is 6.61 Å². The summed E-state index contributed by atoms with van der Waals surface area (Å²) in [5, 5.41) is 12.0. The van der Waals surface area contributed by atoms with Crippen LogP contribution in [0.2, 0.25) is 0 Å². The SMILES string of the molecule is Cc1ccc(C)c(C(=O)N[C@@H]2C=C[C@H](CO)C2)c1. The topological polar surface area (TPSA) is 49.3 Å².